The van der Waals surface area contributed by atoms with E-state index >= 15 is 0 Å². The lowest BCUT2D eigenvalue weighted by Gasteiger charge is -2.35. The van der Waals surface area contributed by atoms with E-state index in [0.29, 0.717) is 13.2 Å². The van der Waals surface area contributed by atoms with E-state index in [1.165, 1.54) is 13.4 Å². The Labute approximate surface area is 177 Å². The van der Waals surface area contributed by atoms with Gasteiger partial charge in [-0.1, -0.05) is 6.92 Å². The summed E-state index contributed by atoms with van der Waals surface area (Å²) in [6.07, 6.45) is 6.83. The van der Waals surface area contributed by atoms with Crippen LogP contribution < -0.4 is 9.64 Å². The fourth-order valence-corrected chi connectivity index (χ4v) is 4.18. The summed E-state index contributed by atoms with van der Waals surface area (Å²) >= 11 is 0. The highest BCUT2D eigenvalue weighted by Crippen LogP contribution is 2.43. The van der Waals surface area contributed by atoms with Crippen LogP contribution in [0.2, 0.25) is 0 Å². The fraction of sp³-hybridized carbons (Fsp3) is 0.524. The Hall–Kier alpha value is -2.55. The van der Waals surface area contributed by atoms with Gasteiger partial charge in [-0.15, -0.1) is 0 Å². The lowest BCUT2D eigenvalue weighted by atomic mass is 9.92. The van der Waals surface area contributed by atoms with Gasteiger partial charge in [0.2, 0.25) is 0 Å². The first kappa shape index (κ1) is 22.1. The zero-order valence-electron chi connectivity index (χ0n) is 17.9. The quantitative estimate of drug-likeness (QED) is 0.663. The molecule has 9 heteroatoms. The smallest absolute Gasteiger partial charge is 0.414 e. The molecule has 0 bridgehead atoms. The van der Waals surface area contributed by atoms with Gasteiger partial charge in [0.25, 0.3) is 0 Å². The van der Waals surface area contributed by atoms with Crippen LogP contribution >= 0.6 is 0 Å². The third kappa shape index (κ3) is 4.77. The van der Waals surface area contributed by atoms with Gasteiger partial charge in [-0.2, -0.15) is 5.10 Å². The Morgan fingerprint density at radius 2 is 2.10 bits per heavy atom. The van der Waals surface area contributed by atoms with Crippen LogP contribution in [-0.4, -0.2) is 56.1 Å². The molecule has 8 nitrogen and oxygen atoms in total. The SMILES string of the molecule is CCCOc1c(-c2cnn(CCS(C)(=O)=O)c2)ccc2c1CC[C@H](C)N2C(=O)OC. The van der Waals surface area contributed by atoms with Gasteiger partial charge in [-0.25, -0.2) is 13.2 Å². The second kappa shape index (κ2) is 9.07. The molecule has 1 amide bonds. The number of hydrogen-bond donors (Lipinski definition) is 0. The number of sulfone groups is 1. The van der Waals surface area contributed by atoms with Crippen LogP contribution in [-0.2, 0) is 27.5 Å². The lowest BCUT2D eigenvalue weighted by molar-refractivity contribution is 0.175. The minimum absolute atomic E-state index is 0.0312. The molecule has 0 saturated carbocycles. The molecular weight excluding hydrogens is 406 g/mol. The van der Waals surface area contributed by atoms with Crippen molar-refractivity contribution in [2.45, 2.75) is 45.7 Å². The Kier molecular flexibility index (Phi) is 6.70. The van der Waals surface area contributed by atoms with Crippen LogP contribution in [0.5, 0.6) is 5.75 Å². The zero-order valence-corrected chi connectivity index (χ0v) is 18.7. The molecule has 1 atom stereocenters. The fourth-order valence-electron chi connectivity index (χ4n) is 3.66. The van der Waals surface area contributed by atoms with Crippen molar-refractivity contribution in [3.63, 3.8) is 0 Å². The van der Waals surface area contributed by atoms with Crippen LogP contribution in [0.25, 0.3) is 11.1 Å². The molecule has 30 heavy (non-hydrogen) atoms. The molecule has 1 aliphatic heterocycles. The number of fused-ring (bicyclic) bond motifs is 1. The number of aromatic nitrogens is 2. The molecule has 164 valence electrons. The molecular formula is C21H29N3O5S. The van der Waals surface area contributed by atoms with Gasteiger partial charge in [0.15, 0.2) is 0 Å². The van der Waals surface area contributed by atoms with Gasteiger partial charge in [-0.3, -0.25) is 9.58 Å². The number of anilines is 1. The minimum atomic E-state index is -3.07. The maximum Gasteiger partial charge on any atom is 0.414 e. The van der Waals surface area contributed by atoms with E-state index in [2.05, 4.69) is 5.10 Å². The van der Waals surface area contributed by atoms with Crippen molar-refractivity contribution in [1.82, 2.24) is 9.78 Å². The van der Waals surface area contributed by atoms with Gasteiger partial charge >= 0.3 is 6.09 Å². The number of carbonyl (C=O) groups is 1. The number of methoxy groups -OCH3 is 1. The number of nitrogens with zero attached hydrogens (tertiary/aromatic N) is 3. The van der Waals surface area contributed by atoms with E-state index in [0.717, 1.165) is 47.4 Å². The highest BCUT2D eigenvalue weighted by Gasteiger charge is 2.32. The number of benzene rings is 1. The van der Waals surface area contributed by atoms with E-state index in [1.54, 1.807) is 15.8 Å². The monoisotopic (exact) mass is 435 g/mol. The zero-order chi connectivity index (χ0) is 21.9. The molecule has 0 spiro atoms. The van der Waals surface area contributed by atoms with Gasteiger partial charge in [-0.05, 0) is 38.3 Å². The van der Waals surface area contributed by atoms with Crippen molar-refractivity contribution in [1.29, 1.82) is 0 Å². The summed E-state index contributed by atoms with van der Waals surface area (Å²) in [6, 6.07) is 3.88. The molecule has 2 heterocycles. The van der Waals surface area contributed by atoms with E-state index in [9.17, 15) is 13.2 Å². The van der Waals surface area contributed by atoms with E-state index in [4.69, 9.17) is 9.47 Å². The molecule has 0 fully saturated rings. The molecule has 2 aromatic rings. The van der Waals surface area contributed by atoms with E-state index < -0.39 is 9.84 Å². The Balaban J connectivity index is 2.02. The standard InChI is InChI=1S/C21H29N3O5S/c1-5-11-29-20-17(16-13-22-23(14-16)10-12-30(4,26)27)8-9-19-18(20)7-6-15(2)24(19)21(25)28-3/h8-9,13-15H,5-7,10-12H2,1-4H3/t15-/m0/s1. The molecule has 1 aliphatic rings. The van der Waals surface area contributed by atoms with Crippen molar-refractivity contribution in [2.75, 3.05) is 30.6 Å². The summed E-state index contributed by atoms with van der Waals surface area (Å²) in [5.74, 6) is 0.779. The third-order valence-electron chi connectivity index (χ3n) is 5.21. The highest BCUT2D eigenvalue weighted by molar-refractivity contribution is 7.90. The molecule has 0 unspecified atom stereocenters. The van der Waals surface area contributed by atoms with Crippen molar-refractivity contribution >= 4 is 21.6 Å². The molecule has 0 N–H and O–H groups in total. The Bertz CT molecular complexity index is 1020. The van der Waals surface area contributed by atoms with Gasteiger partial charge in [0, 0.05) is 35.2 Å². The maximum atomic E-state index is 12.4. The second-order valence-electron chi connectivity index (χ2n) is 7.64. The summed E-state index contributed by atoms with van der Waals surface area (Å²) in [7, 11) is -1.68. The van der Waals surface area contributed by atoms with Crippen molar-refractivity contribution in [2.24, 2.45) is 0 Å². The molecule has 0 saturated heterocycles. The van der Waals surface area contributed by atoms with E-state index in [-0.39, 0.29) is 17.9 Å². The minimum Gasteiger partial charge on any atom is -0.493 e. The predicted molar refractivity (Wildman–Crippen MR) is 116 cm³/mol. The number of hydrogen-bond acceptors (Lipinski definition) is 6. The molecule has 3 rings (SSSR count). The van der Waals surface area contributed by atoms with Crippen LogP contribution in [0, 0.1) is 0 Å². The summed E-state index contributed by atoms with van der Waals surface area (Å²) in [5, 5.41) is 4.31. The first-order valence-corrected chi connectivity index (χ1v) is 12.2. The van der Waals surface area contributed by atoms with Crippen molar-refractivity contribution in [3.8, 4) is 16.9 Å². The highest BCUT2D eigenvalue weighted by atomic mass is 32.2. The first-order chi connectivity index (χ1) is 14.2. The van der Waals surface area contributed by atoms with Crippen LogP contribution in [0.3, 0.4) is 0 Å². The van der Waals surface area contributed by atoms with Gasteiger partial charge in [0.05, 0.1) is 37.9 Å². The number of rotatable bonds is 7. The summed E-state index contributed by atoms with van der Waals surface area (Å²) in [4.78, 5) is 14.1. The summed E-state index contributed by atoms with van der Waals surface area (Å²) in [5.41, 5.74) is 3.51. The maximum absolute atomic E-state index is 12.4. The van der Waals surface area contributed by atoms with Crippen LogP contribution in [0.1, 0.15) is 32.3 Å². The topological polar surface area (TPSA) is 90.7 Å². The summed E-state index contributed by atoms with van der Waals surface area (Å²) in [6.45, 7) is 4.90. The molecule has 0 aliphatic carbocycles. The van der Waals surface area contributed by atoms with Crippen molar-refractivity contribution < 1.29 is 22.7 Å². The largest absolute Gasteiger partial charge is 0.493 e. The average molecular weight is 436 g/mol. The second-order valence-corrected chi connectivity index (χ2v) is 9.90. The van der Waals surface area contributed by atoms with Gasteiger partial charge < -0.3 is 9.47 Å². The van der Waals surface area contributed by atoms with Crippen LogP contribution in [0.4, 0.5) is 10.5 Å². The Morgan fingerprint density at radius 3 is 2.77 bits per heavy atom. The third-order valence-corrected chi connectivity index (χ3v) is 6.13. The first-order valence-electron chi connectivity index (χ1n) is 10.1. The normalized spacial score (nSPS) is 16.3. The van der Waals surface area contributed by atoms with Gasteiger partial charge in [0.1, 0.15) is 15.6 Å². The number of carbonyl (C=O) groups excluding carboxylic acids is 1. The number of ether oxygens (including phenoxy) is 2. The number of aryl methyl sites for hydroxylation is 1. The lowest BCUT2D eigenvalue weighted by Crippen LogP contribution is -2.42. The van der Waals surface area contributed by atoms with Crippen LogP contribution in [0.15, 0.2) is 24.5 Å². The molecule has 0 radical (unpaired) electrons. The molecule has 1 aromatic carbocycles. The average Bonchev–Trinajstić information content (AvgIpc) is 3.18. The predicted octanol–water partition coefficient (Wildman–Crippen LogP) is 3.29. The van der Waals surface area contributed by atoms with Crippen molar-refractivity contribution in [3.05, 3.63) is 30.1 Å². The summed E-state index contributed by atoms with van der Waals surface area (Å²) < 4.78 is 35.7. The van der Waals surface area contributed by atoms with E-state index in [1.807, 2.05) is 32.2 Å². The number of amides is 1. The Morgan fingerprint density at radius 1 is 1.33 bits per heavy atom. The molecule has 1 aromatic heterocycles.